The average molecular weight is 320 g/mol. The molecule has 2 aromatic rings. The number of nitrogens with zero attached hydrogens (tertiary/aromatic N) is 3. The Bertz CT molecular complexity index is 633. The molecule has 1 fully saturated rings. The highest BCUT2D eigenvalue weighted by Gasteiger charge is 2.25. The van der Waals surface area contributed by atoms with E-state index in [4.69, 9.17) is 0 Å². The SMILES string of the molecule is CNCCC1CCN(C(=O)c2cc3c(C)nn(C)c3s2)CC1. The quantitative estimate of drug-likeness (QED) is 0.941. The second-order valence-electron chi connectivity index (χ2n) is 6.17. The lowest BCUT2D eigenvalue weighted by Crippen LogP contribution is -2.38. The Labute approximate surface area is 135 Å². The van der Waals surface area contributed by atoms with Crippen LogP contribution in [0.5, 0.6) is 0 Å². The third-order valence-corrected chi connectivity index (χ3v) is 5.80. The number of thiophene rings is 1. The summed E-state index contributed by atoms with van der Waals surface area (Å²) in [4.78, 5) is 16.7. The summed E-state index contributed by atoms with van der Waals surface area (Å²) in [5, 5.41) is 8.72. The molecule has 0 unspecified atom stereocenters. The summed E-state index contributed by atoms with van der Waals surface area (Å²) < 4.78 is 1.87. The number of hydrogen-bond donors (Lipinski definition) is 1. The van der Waals surface area contributed by atoms with Crippen LogP contribution in [0.4, 0.5) is 0 Å². The number of nitrogens with one attached hydrogen (secondary N) is 1. The van der Waals surface area contributed by atoms with Crippen LogP contribution in [0.2, 0.25) is 0 Å². The maximum Gasteiger partial charge on any atom is 0.264 e. The minimum absolute atomic E-state index is 0.188. The van der Waals surface area contributed by atoms with E-state index in [1.807, 2.05) is 36.7 Å². The van der Waals surface area contributed by atoms with Crippen LogP contribution >= 0.6 is 11.3 Å². The van der Waals surface area contributed by atoms with Gasteiger partial charge < -0.3 is 10.2 Å². The number of likely N-dealkylation sites (tertiary alicyclic amines) is 1. The molecule has 3 rings (SSSR count). The molecule has 3 heterocycles. The largest absolute Gasteiger partial charge is 0.338 e. The smallest absolute Gasteiger partial charge is 0.264 e. The summed E-state index contributed by atoms with van der Waals surface area (Å²) in [6.07, 6.45) is 3.46. The minimum atomic E-state index is 0.188. The molecule has 1 saturated heterocycles. The van der Waals surface area contributed by atoms with Crippen molar-refractivity contribution in [3.05, 3.63) is 16.6 Å². The topological polar surface area (TPSA) is 50.2 Å². The van der Waals surface area contributed by atoms with Gasteiger partial charge in [0.15, 0.2) is 0 Å². The van der Waals surface area contributed by atoms with Crippen molar-refractivity contribution < 1.29 is 4.79 Å². The predicted molar refractivity (Wildman–Crippen MR) is 90.5 cm³/mol. The molecule has 1 amide bonds. The lowest BCUT2D eigenvalue weighted by Gasteiger charge is -2.31. The average Bonchev–Trinajstić information content (AvgIpc) is 3.07. The van der Waals surface area contributed by atoms with Crippen molar-refractivity contribution in [2.45, 2.75) is 26.2 Å². The van der Waals surface area contributed by atoms with Crippen molar-refractivity contribution in [2.24, 2.45) is 13.0 Å². The van der Waals surface area contributed by atoms with Gasteiger partial charge in [-0.25, -0.2) is 0 Å². The Kier molecular flexibility index (Phi) is 4.49. The first kappa shape index (κ1) is 15.5. The molecule has 22 heavy (non-hydrogen) atoms. The Morgan fingerprint density at radius 3 is 2.82 bits per heavy atom. The molecule has 1 aliphatic rings. The van der Waals surface area contributed by atoms with Gasteiger partial charge in [-0.1, -0.05) is 0 Å². The first-order valence-corrected chi connectivity index (χ1v) is 8.79. The minimum Gasteiger partial charge on any atom is -0.338 e. The van der Waals surface area contributed by atoms with E-state index in [0.29, 0.717) is 0 Å². The zero-order valence-corrected chi connectivity index (χ0v) is 14.4. The number of piperidine rings is 1. The molecule has 5 nitrogen and oxygen atoms in total. The zero-order chi connectivity index (χ0) is 15.7. The first-order chi connectivity index (χ1) is 10.6. The molecule has 0 bridgehead atoms. The second-order valence-corrected chi connectivity index (χ2v) is 7.20. The van der Waals surface area contributed by atoms with Crippen LogP contribution in [0, 0.1) is 12.8 Å². The predicted octanol–water partition coefficient (Wildman–Crippen LogP) is 2.40. The lowest BCUT2D eigenvalue weighted by atomic mass is 9.93. The highest BCUT2D eigenvalue weighted by atomic mass is 32.1. The van der Waals surface area contributed by atoms with E-state index in [1.165, 1.54) is 6.42 Å². The molecular formula is C16H24N4OS. The van der Waals surface area contributed by atoms with E-state index in [1.54, 1.807) is 11.3 Å². The fourth-order valence-corrected chi connectivity index (χ4v) is 4.33. The fraction of sp³-hybridized carbons (Fsp3) is 0.625. The lowest BCUT2D eigenvalue weighted by molar-refractivity contribution is 0.0692. The fourth-order valence-electron chi connectivity index (χ4n) is 3.24. The summed E-state index contributed by atoms with van der Waals surface area (Å²) in [7, 11) is 3.93. The van der Waals surface area contributed by atoms with Crippen molar-refractivity contribution >= 4 is 27.5 Å². The van der Waals surface area contributed by atoms with Gasteiger partial charge in [0.1, 0.15) is 4.83 Å². The molecule has 0 aliphatic carbocycles. The summed E-state index contributed by atoms with van der Waals surface area (Å²) in [6.45, 7) is 4.84. The monoisotopic (exact) mass is 320 g/mol. The van der Waals surface area contributed by atoms with Gasteiger partial charge in [0.25, 0.3) is 5.91 Å². The van der Waals surface area contributed by atoms with Crippen LogP contribution in [0.25, 0.3) is 10.2 Å². The third-order valence-electron chi connectivity index (χ3n) is 4.61. The Morgan fingerprint density at radius 2 is 2.18 bits per heavy atom. The van der Waals surface area contributed by atoms with Gasteiger partial charge in [-0.15, -0.1) is 11.3 Å². The van der Waals surface area contributed by atoms with Crippen LogP contribution in [-0.2, 0) is 7.05 Å². The third kappa shape index (κ3) is 2.90. The summed E-state index contributed by atoms with van der Waals surface area (Å²) in [6, 6.07) is 2.01. The molecule has 0 spiro atoms. The van der Waals surface area contributed by atoms with E-state index in [-0.39, 0.29) is 5.91 Å². The van der Waals surface area contributed by atoms with Gasteiger partial charge in [-0.2, -0.15) is 5.10 Å². The zero-order valence-electron chi connectivity index (χ0n) is 13.6. The number of hydrogen-bond acceptors (Lipinski definition) is 4. The van der Waals surface area contributed by atoms with Crippen LogP contribution < -0.4 is 5.32 Å². The Balaban J connectivity index is 1.67. The molecule has 0 saturated carbocycles. The number of aryl methyl sites for hydroxylation is 2. The van der Waals surface area contributed by atoms with Gasteiger partial charge in [0.05, 0.1) is 10.6 Å². The van der Waals surface area contributed by atoms with Crippen molar-refractivity contribution in [1.29, 1.82) is 0 Å². The van der Waals surface area contributed by atoms with Crippen molar-refractivity contribution in [3.8, 4) is 0 Å². The molecule has 1 aliphatic heterocycles. The number of carbonyl (C=O) groups is 1. The summed E-state index contributed by atoms with van der Waals surface area (Å²) >= 11 is 1.56. The number of aromatic nitrogens is 2. The molecule has 0 atom stereocenters. The van der Waals surface area contributed by atoms with Gasteiger partial charge in [0.2, 0.25) is 0 Å². The highest BCUT2D eigenvalue weighted by Crippen LogP contribution is 2.30. The summed E-state index contributed by atoms with van der Waals surface area (Å²) in [5.41, 5.74) is 0.999. The van der Waals surface area contributed by atoms with E-state index in [0.717, 1.165) is 59.2 Å². The van der Waals surface area contributed by atoms with E-state index in [2.05, 4.69) is 10.4 Å². The maximum absolute atomic E-state index is 12.7. The molecule has 2 aromatic heterocycles. The van der Waals surface area contributed by atoms with E-state index >= 15 is 0 Å². The van der Waals surface area contributed by atoms with E-state index < -0.39 is 0 Å². The van der Waals surface area contributed by atoms with E-state index in [9.17, 15) is 4.79 Å². The number of amides is 1. The van der Waals surface area contributed by atoms with Crippen LogP contribution in [0.3, 0.4) is 0 Å². The van der Waals surface area contributed by atoms with Gasteiger partial charge in [-0.3, -0.25) is 9.48 Å². The Hall–Kier alpha value is -1.40. The van der Waals surface area contributed by atoms with Crippen molar-refractivity contribution in [3.63, 3.8) is 0 Å². The van der Waals surface area contributed by atoms with Crippen molar-refractivity contribution in [2.75, 3.05) is 26.7 Å². The highest BCUT2D eigenvalue weighted by molar-refractivity contribution is 7.20. The number of carbonyl (C=O) groups excluding carboxylic acids is 1. The molecule has 1 N–H and O–H groups in total. The van der Waals surface area contributed by atoms with Gasteiger partial charge >= 0.3 is 0 Å². The molecular weight excluding hydrogens is 296 g/mol. The first-order valence-electron chi connectivity index (χ1n) is 7.97. The summed E-state index contributed by atoms with van der Waals surface area (Å²) in [5.74, 6) is 0.943. The van der Waals surface area contributed by atoms with Crippen LogP contribution in [0.15, 0.2) is 6.07 Å². The molecule has 6 heteroatoms. The standard InChI is InChI=1S/C16H24N4OS/c1-11-13-10-14(22-16(13)19(3)18-11)15(21)20-8-5-12(6-9-20)4-7-17-2/h10,12,17H,4-9H2,1-3H3. The Morgan fingerprint density at radius 1 is 1.45 bits per heavy atom. The number of rotatable bonds is 4. The molecule has 0 aromatic carbocycles. The maximum atomic E-state index is 12.7. The van der Waals surface area contributed by atoms with Gasteiger partial charge in [0, 0.05) is 25.5 Å². The number of fused-ring (bicyclic) bond motifs is 1. The molecule has 0 radical (unpaired) electrons. The van der Waals surface area contributed by atoms with Gasteiger partial charge in [-0.05, 0) is 51.8 Å². The van der Waals surface area contributed by atoms with Crippen LogP contribution in [-0.4, -0.2) is 47.3 Å². The van der Waals surface area contributed by atoms with Crippen molar-refractivity contribution in [1.82, 2.24) is 20.0 Å². The van der Waals surface area contributed by atoms with Crippen LogP contribution in [0.1, 0.15) is 34.6 Å². The normalized spacial score (nSPS) is 16.6. The molecule has 120 valence electrons. The second kappa shape index (κ2) is 6.38.